The Kier molecular flexibility index (Phi) is 4.54. The van der Waals surface area contributed by atoms with Gasteiger partial charge in [0.15, 0.2) is 0 Å². The van der Waals surface area contributed by atoms with E-state index in [4.69, 9.17) is 11.6 Å². The third kappa shape index (κ3) is 3.43. The van der Waals surface area contributed by atoms with Gasteiger partial charge in [-0.05, 0) is 29.5 Å². The highest BCUT2D eigenvalue weighted by atomic mass is 35.5. The van der Waals surface area contributed by atoms with Crippen molar-refractivity contribution in [1.82, 2.24) is 4.90 Å². The molecule has 0 bridgehead atoms. The molecule has 0 fully saturated rings. The van der Waals surface area contributed by atoms with Gasteiger partial charge >= 0.3 is 0 Å². The van der Waals surface area contributed by atoms with Crippen molar-refractivity contribution in [3.63, 3.8) is 0 Å². The molecule has 108 valence electrons. The van der Waals surface area contributed by atoms with Crippen molar-refractivity contribution in [2.75, 3.05) is 13.1 Å². The van der Waals surface area contributed by atoms with Gasteiger partial charge in [-0.3, -0.25) is 4.79 Å². The number of carbonyl (C=O) groups excluding carboxylic acids is 1. The average molecular weight is 292 g/mol. The number of hydrogen-bond acceptors (Lipinski definition) is 1. The first kappa shape index (κ1) is 15.1. The lowest BCUT2D eigenvalue weighted by Gasteiger charge is -2.32. The smallest absolute Gasteiger partial charge is 0.254 e. The number of carbonyl (C=O) groups is 1. The van der Waals surface area contributed by atoms with Crippen LogP contribution in [0.2, 0.25) is 0 Å². The third-order valence-electron chi connectivity index (χ3n) is 3.79. The Morgan fingerprint density at radius 2 is 2.10 bits per heavy atom. The molecule has 3 heteroatoms. The minimum absolute atomic E-state index is 0.0983. The fourth-order valence-corrected chi connectivity index (χ4v) is 2.67. The molecule has 0 radical (unpaired) electrons. The Morgan fingerprint density at radius 1 is 1.35 bits per heavy atom. The zero-order valence-corrected chi connectivity index (χ0v) is 13.2. The molecule has 0 saturated heterocycles. The first-order chi connectivity index (χ1) is 9.41. The summed E-state index contributed by atoms with van der Waals surface area (Å²) in [5.74, 6) is 0.538. The van der Waals surface area contributed by atoms with Crippen LogP contribution in [0.4, 0.5) is 0 Å². The van der Waals surface area contributed by atoms with Gasteiger partial charge in [0.05, 0.1) is 0 Å². The van der Waals surface area contributed by atoms with Crippen LogP contribution >= 0.6 is 11.6 Å². The molecule has 1 aromatic carbocycles. The molecule has 0 aliphatic carbocycles. The molecule has 0 spiro atoms. The van der Waals surface area contributed by atoms with Crippen LogP contribution in [0.15, 0.2) is 35.9 Å². The van der Waals surface area contributed by atoms with Gasteiger partial charge in [0.25, 0.3) is 5.91 Å². The standard InChI is InChI=1S/C17H22ClNO/c1-17(2,3)15-7-9-19(10-8-15)16(20)14-6-4-5-13(11-14)12-18/h4-7,11H,8-10,12H2,1-3H3. The number of alkyl halides is 1. The van der Waals surface area contributed by atoms with E-state index in [2.05, 4.69) is 26.8 Å². The van der Waals surface area contributed by atoms with Gasteiger partial charge in [0, 0.05) is 24.5 Å². The number of rotatable bonds is 2. The van der Waals surface area contributed by atoms with Crippen molar-refractivity contribution in [2.24, 2.45) is 5.41 Å². The molecule has 0 atom stereocenters. The van der Waals surface area contributed by atoms with Gasteiger partial charge in [-0.2, -0.15) is 0 Å². The van der Waals surface area contributed by atoms with Crippen LogP contribution in [0.3, 0.4) is 0 Å². The fraction of sp³-hybridized carbons (Fsp3) is 0.471. The summed E-state index contributed by atoms with van der Waals surface area (Å²) in [6.45, 7) is 8.17. The maximum atomic E-state index is 12.5. The zero-order valence-electron chi connectivity index (χ0n) is 12.4. The summed E-state index contributed by atoms with van der Waals surface area (Å²) >= 11 is 5.82. The van der Waals surface area contributed by atoms with Gasteiger partial charge in [0.1, 0.15) is 0 Å². The molecular formula is C17H22ClNO. The predicted octanol–water partition coefficient (Wildman–Crippen LogP) is 4.24. The third-order valence-corrected chi connectivity index (χ3v) is 4.10. The molecule has 2 rings (SSSR count). The highest BCUT2D eigenvalue weighted by Crippen LogP contribution is 2.30. The van der Waals surface area contributed by atoms with Crippen LogP contribution in [0.5, 0.6) is 0 Å². The topological polar surface area (TPSA) is 20.3 Å². The van der Waals surface area contributed by atoms with E-state index >= 15 is 0 Å². The first-order valence-electron chi connectivity index (χ1n) is 7.05. The van der Waals surface area contributed by atoms with Crippen molar-refractivity contribution in [2.45, 2.75) is 33.1 Å². The highest BCUT2D eigenvalue weighted by molar-refractivity contribution is 6.17. The number of benzene rings is 1. The maximum absolute atomic E-state index is 12.5. The summed E-state index contributed by atoms with van der Waals surface area (Å²) in [4.78, 5) is 14.4. The molecule has 2 nitrogen and oxygen atoms in total. The van der Waals surface area contributed by atoms with Crippen LogP contribution in [0, 0.1) is 5.41 Å². The van der Waals surface area contributed by atoms with Gasteiger partial charge in [-0.1, -0.05) is 44.6 Å². The van der Waals surface area contributed by atoms with E-state index in [0.717, 1.165) is 24.1 Å². The van der Waals surface area contributed by atoms with E-state index in [1.165, 1.54) is 5.57 Å². The molecule has 0 aromatic heterocycles. The van der Waals surface area contributed by atoms with Crippen LogP contribution in [0.25, 0.3) is 0 Å². The van der Waals surface area contributed by atoms with E-state index in [9.17, 15) is 4.79 Å². The van der Waals surface area contributed by atoms with Crippen molar-refractivity contribution >= 4 is 17.5 Å². The van der Waals surface area contributed by atoms with Crippen LogP contribution in [-0.2, 0) is 5.88 Å². The van der Waals surface area contributed by atoms with Crippen LogP contribution in [-0.4, -0.2) is 23.9 Å². The van der Waals surface area contributed by atoms with Gasteiger partial charge in [-0.15, -0.1) is 11.6 Å². The van der Waals surface area contributed by atoms with Crippen molar-refractivity contribution < 1.29 is 4.79 Å². The summed E-state index contributed by atoms with van der Waals surface area (Å²) in [6.07, 6.45) is 3.16. The maximum Gasteiger partial charge on any atom is 0.254 e. The lowest BCUT2D eigenvalue weighted by Crippen LogP contribution is -2.36. The monoisotopic (exact) mass is 291 g/mol. The Labute approximate surface area is 126 Å². The van der Waals surface area contributed by atoms with Gasteiger partial charge < -0.3 is 4.90 Å². The molecular weight excluding hydrogens is 270 g/mol. The average Bonchev–Trinajstić information content (AvgIpc) is 2.46. The fourth-order valence-electron chi connectivity index (χ4n) is 2.50. The second kappa shape index (κ2) is 6.01. The van der Waals surface area contributed by atoms with Crippen molar-refractivity contribution in [1.29, 1.82) is 0 Å². The Bertz CT molecular complexity index is 528. The summed E-state index contributed by atoms with van der Waals surface area (Å²) < 4.78 is 0. The SMILES string of the molecule is CC(C)(C)C1=CCN(C(=O)c2cccc(CCl)c2)CC1. The summed E-state index contributed by atoms with van der Waals surface area (Å²) in [7, 11) is 0. The second-order valence-electron chi connectivity index (χ2n) is 6.31. The minimum Gasteiger partial charge on any atom is -0.335 e. The first-order valence-corrected chi connectivity index (χ1v) is 7.59. The lowest BCUT2D eigenvalue weighted by atomic mass is 9.83. The lowest BCUT2D eigenvalue weighted by molar-refractivity contribution is 0.0765. The molecule has 0 N–H and O–H groups in total. The number of amides is 1. The summed E-state index contributed by atoms with van der Waals surface area (Å²) in [6, 6.07) is 7.59. The van der Waals surface area contributed by atoms with Crippen LogP contribution < -0.4 is 0 Å². The Morgan fingerprint density at radius 3 is 2.65 bits per heavy atom. The van der Waals surface area contributed by atoms with Crippen LogP contribution in [0.1, 0.15) is 43.1 Å². The quantitative estimate of drug-likeness (QED) is 0.589. The second-order valence-corrected chi connectivity index (χ2v) is 6.58. The van der Waals surface area contributed by atoms with E-state index in [-0.39, 0.29) is 11.3 Å². The minimum atomic E-state index is 0.0983. The van der Waals surface area contributed by atoms with Gasteiger partial charge in [-0.25, -0.2) is 0 Å². The van der Waals surface area contributed by atoms with Gasteiger partial charge in [0.2, 0.25) is 0 Å². The zero-order chi connectivity index (χ0) is 14.8. The number of nitrogens with zero attached hydrogens (tertiary/aromatic N) is 1. The molecule has 0 saturated carbocycles. The Hall–Kier alpha value is -1.28. The van der Waals surface area contributed by atoms with Crippen molar-refractivity contribution in [3.8, 4) is 0 Å². The van der Waals surface area contributed by atoms with E-state index in [1.807, 2.05) is 29.2 Å². The van der Waals surface area contributed by atoms with E-state index < -0.39 is 0 Å². The summed E-state index contributed by atoms with van der Waals surface area (Å²) in [5, 5.41) is 0. The molecule has 1 amide bonds. The number of halogens is 1. The van der Waals surface area contributed by atoms with Crippen molar-refractivity contribution in [3.05, 3.63) is 47.0 Å². The molecule has 0 unspecified atom stereocenters. The summed E-state index contributed by atoms with van der Waals surface area (Å²) in [5.41, 5.74) is 3.36. The number of hydrogen-bond donors (Lipinski definition) is 0. The largest absolute Gasteiger partial charge is 0.335 e. The molecule has 1 aliphatic heterocycles. The molecule has 1 heterocycles. The molecule has 1 aromatic rings. The predicted molar refractivity (Wildman–Crippen MR) is 84.1 cm³/mol. The van der Waals surface area contributed by atoms with E-state index in [1.54, 1.807) is 0 Å². The van der Waals surface area contributed by atoms with E-state index in [0.29, 0.717) is 12.4 Å². The normalized spacial score (nSPS) is 16.0. The molecule has 1 aliphatic rings. The highest BCUT2D eigenvalue weighted by Gasteiger charge is 2.24. The Balaban J connectivity index is 2.10. The molecule has 20 heavy (non-hydrogen) atoms.